The maximum atomic E-state index is 12.2. The summed E-state index contributed by atoms with van der Waals surface area (Å²) in [5.74, 6) is -2.25. The molecule has 2 aliphatic heterocycles. The zero-order valence-electron chi connectivity index (χ0n) is 11.7. The molecule has 1 aliphatic carbocycles. The van der Waals surface area contributed by atoms with Crippen LogP contribution in [-0.2, 0) is 20.9 Å². The lowest BCUT2D eigenvalue weighted by Gasteiger charge is -2.41. The number of hydrogen-bond donors (Lipinski definition) is 2. The largest absolute Gasteiger partial charge is 0.481 e. The minimum atomic E-state index is -1.44. The van der Waals surface area contributed by atoms with E-state index < -0.39 is 29.0 Å². The smallest absolute Gasteiger partial charge is 0.411 e. The summed E-state index contributed by atoms with van der Waals surface area (Å²) in [5, 5.41) is 18.6. The lowest BCUT2D eigenvalue weighted by molar-refractivity contribution is -0.162. The minimum absolute atomic E-state index is 0.0198. The number of rotatable bonds is 4. The molecule has 3 fully saturated rings. The summed E-state index contributed by atoms with van der Waals surface area (Å²) in [6.45, 7) is -0.103. The summed E-state index contributed by atoms with van der Waals surface area (Å²) in [7, 11) is 0. The molecule has 2 heterocycles. The fraction of sp³-hybridized carbons (Fsp3) is 0.400. The van der Waals surface area contributed by atoms with Crippen LogP contribution in [-0.4, -0.2) is 45.2 Å². The molecule has 0 aromatic heterocycles. The standard InChI is InChI=1S/C15H15NO6/c17-11(18)14-7-15(8-14,12(19)20)16(9-14)13(21)22-6-10-4-2-1-3-5-10/h1-5H,6-9H2,(H,17,18)(H,19,20). The third kappa shape index (κ3) is 1.93. The zero-order valence-corrected chi connectivity index (χ0v) is 11.7. The van der Waals surface area contributed by atoms with Crippen LogP contribution in [0, 0.1) is 5.41 Å². The highest BCUT2D eigenvalue weighted by Gasteiger charge is 2.74. The van der Waals surface area contributed by atoms with Gasteiger partial charge in [-0.15, -0.1) is 0 Å². The number of amides is 1. The number of carboxylic acids is 2. The van der Waals surface area contributed by atoms with Gasteiger partial charge in [0.15, 0.2) is 0 Å². The molecule has 1 amide bonds. The third-order valence-corrected chi connectivity index (χ3v) is 4.52. The molecule has 1 aromatic carbocycles. The van der Waals surface area contributed by atoms with Crippen molar-refractivity contribution < 1.29 is 29.3 Å². The molecular weight excluding hydrogens is 290 g/mol. The summed E-state index contributed by atoms with van der Waals surface area (Å²) in [6.07, 6.45) is -0.914. The predicted octanol–water partition coefficient (Wildman–Crippen LogP) is 1.33. The van der Waals surface area contributed by atoms with Crippen LogP contribution >= 0.6 is 0 Å². The Morgan fingerprint density at radius 2 is 1.73 bits per heavy atom. The SMILES string of the molecule is O=C(OCc1ccccc1)N1CC2(C(=O)O)CC1(C(=O)O)C2. The van der Waals surface area contributed by atoms with Crippen LogP contribution in [0.3, 0.4) is 0 Å². The van der Waals surface area contributed by atoms with Crippen molar-refractivity contribution in [1.29, 1.82) is 0 Å². The van der Waals surface area contributed by atoms with Crippen LogP contribution in [0.2, 0.25) is 0 Å². The Morgan fingerprint density at radius 1 is 1.09 bits per heavy atom. The molecule has 22 heavy (non-hydrogen) atoms. The highest BCUT2D eigenvalue weighted by Crippen LogP contribution is 2.59. The summed E-state index contributed by atoms with van der Waals surface area (Å²) in [4.78, 5) is 36.0. The van der Waals surface area contributed by atoms with E-state index in [1.165, 1.54) is 0 Å². The first-order chi connectivity index (χ1) is 10.4. The van der Waals surface area contributed by atoms with Gasteiger partial charge in [-0.2, -0.15) is 0 Å². The van der Waals surface area contributed by atoms with Crippen LogP contribution in [0.25, 0.3) is 0 Å². The van der Waals surface area contributed by atoms with Gasteiger partial charge >= 0.3 is 18.0 Å². The second kappa shape index (κ2) is 4.72. The van der Waals surface area contributed by atoms with Crippen LogP contribution in [0.5, 0.6) is 0 Å². The van der Waals surface area contributed by atoms with E-state index in [9.17, 15) is 24.6 Å². The Morgan fingerprint density at radius 3 is 2.27 bits per heavy atom. The third-order valence-electron chi connectivity index (χ3n) is 4.52. The van der Waals surface area contributed by atoms with Crippen molar-refractivity contribution in [3.05, 3.63) is 35.9 Å². The molecule has 3 aliphatic rings. The van der Waals surface area contributed by atoms with Gasteiger partial charge in [0.05, 0.1) is 5.41 Å². The first-order valence-electron chi connectivity index (χ1n) is 6.85. The Hall–Kier alpha value is -2.57. The molecule has 4 rings (SSSR count). The highest BCUT2D eigenvalue weighted by atomic mass is 16.6. The van der Waals surface area contributed by atoms with E-state index in [-0.39, 0.29) is 26.0 Å². The molecule has 7 nitrogen and oxygen atoms in total. The second-order valence-electron chi connectivity index (χ2n) is 5.90. The fourth-order valence-electron chi connectivity index (χ4n) is 3.35. The van der Waals surface area contributed by atoms with Gasteiger partial charge in [-0.05, 0) is 18.4 Å². The van der Waals surface area contributed by atoms with Gasteiger partial charge in [0, 0.05) is 6.54 Å². The topological polar surface area (TPSA) is 104 Å². The molecule has 0 radical (unpaired) electrons. The fourth-order valence-corrected chi connectivity index (χ4v) is 3.35. The number of nitrogens with zero attached hydrogens (tertiary/aromatic N) is 1. The molecule has 2 bridgehead atoms. The molecule has 0 unspecified atom stereocenters. The van der Waals surface area contributed by atoms with Gasteiger partial charge in [0.25, 0.3) is 0 Å². The molecule has 1 aromatic rings. The van der Waals surface area contributed by atoms with Gasteiger partial charge in [-0.3, -0.25) is 9.69 Å². The Bertz CT molecular complexity index is 635. The summed E-state index contributed by atoms with van der Waals surface area (Å²) >= 11 is 0. The second-order valence-corrected chi connectivity index (χ2v) is 5.90. The predicted molar refractivity (Wildman–Crippen MR) is 73.0 cm³/mol. The van der Waals surface area contributed by atoms with Crippen LogP contribution in [0.15, 0.2) is 30.3 Å². The normalized spacial score (nSPS) is 28.8. The average molecular weight is 305 g/mol. The van der Waals surface area contributed by atoms with Crippen molar-refractivity contribution in [2.45, 2.75) is 25.0 Å². The van der Waals surface area contributed by atoms with Crippen LogP contribution < -0.4 is 0 Å². The number of hydrogen-bond acceptors (Lipinski definition) is 4. The van der Waals surface area contributed by atoms with Crippen LogP contribution in [0.4, 0.5) is 4.79 Å². The van der Waals surface area contributed by atoms with E-state index in [1.807, 2.05) is 6.07 Å². The molecular formula is C15H15NO6. The van der Waals surface area contributed by atoms with Gasteiger partial charge < -0.3 is 14.9 Å². The lowest BCUT2D eigenvalue weighted by atomic mass is 9.62. The number of aliphatic carboxylic acids is 2. The van der Waals surface area contributed by atoms with Crippen molar-refractivity contribution in [3.63, 3.8) is 0 Å². The Kier molecular flexibility index (Phi) is 3.09. The van der Waals surface area contributed by atoms with Crippen molar-refractivity contribution in [2.75, 3.05) is 6.54 Å². The van der Waals surface area contributed by atoms with Crippen molar-refractivity contribution >= 4 is 18.0 Å². The van der Waals surface area contributed by atoms with Crippen molar-refractivity contribution in [3.8, 4) is 0 Å². The number of fused-ring (bicyclic) bond motifs is 1. The summed E-state index contributed by atoms with van der Waals surface area (Å²) in [6, 6.07) is 8.99. The maximum Gasteiger partial charge on any atom is 0.411 e. The monoisotopic (exact) mass is 305 g/mol. The maximum absolute atomic E-state index is 12.2. The van der Waals surface area contributed by atoms with Gasteiger partial charge in [-0.1, -0.05) is 30.3 Å². The molecule has 1 saturated carbocycles. The number of ether oxygens (including phenoxy) is 1. The van der Waals surface area contributed by atoms with E-state index in [1.54, 1.807) is 24.3 Å². The first-order valence-corrected chi connectivity index (χ1v) is 6.85. The van der Waals surface area contributed by atoms with E-state index >= 15 is 0 Å². The average Bonchev–Trinajstić information content (AvgIpc) is 2.98. The lowest BCUT2D eigenvalue weighted by Crippen LogP contribution is -2.58. The van der Waals surface area contributed by atoms with E-state index in [0.29, 0.717) is 0 Å². The first kappa shape index (κ1) is 14.4. The van der Waals surface area contributed by atoms with E-state index in [0.717, 1.165) is 10.5 Å². The number of benzene rings is 1. The Labute approximate surface area is 126 Å². The van der Waals surface area contributed by atoms with E-state index in [2.05, 4.69) is 0 Å². The molecule has 2 N–H and O–H groups in total. The molecule has 2 saturated heterocycles. The van der Waals surface area contributed by atoms with Crippen molar-refractivity contribution in [2.24, 2.45) is 5.41 Å². The van der Waals surface area contributed by atoms with Crippen LogP contribution in [0.1, 0.15) is 18.4 Å². The molecule has 116 valence electrons. The highest BCUT2D eigenvalue weighted by molar-refractivity contribution is 5.93. The number of carboxylic acid groups (broad SMARTS) is 2. The Balaban J connectivity index is 1.72. The summed E-state index contributed by atoms with van der Waals surface area (Å²) < 4.78 is 5.14. The van der Waals surface area contributed by atoms with E-state index in [4.69, 9.17) is 4.74 Å². The van der Waals surface area contributed by atoms with Gasteiger partial charge in [-0.25, -0.2) is 9.59 Å². The minimum Gasteiger partial charge on any atom is -0.481 e. The summed E-state index contributed by atoms with van der Waals surface area (Å²) in [5.41, 5.74) is -1.81. The molecule has 0 spiro atoms. The molecule has 0 atom stereocenters. The zero-order chi connectivity index (χ0) is 16.0. The number of carbonyl (C=O) groups is 3. The van der Waals surface area contributed by atoms with Crippen molar-refractivity contribution in [1.82, 2.24) is 4.90 Å². The quantitative estimate of drug-likeness (QED) is 0.869. The number of carbonyl (C=O) groups excluding carboxylic acids is 1. The molecule has 7 heteroatoms. The van der Waals surface area contributed by atoms with Gasteiger partial charge in [0.2, 0.25) is 0 Å². The van der Waals surface area contributed by atoms with Gasteiger partial charge in [0.1, 0.15) is 12.1 Å².